The van der Waals surface area contributed by atoms with Gasteiger partial charge in [0.2, 0.25) is 0 Å². The second kappa shape index (κ2) is 4.56. The lowest BCUT2D eigenvalue weighted by atomic mass is 9.63. The van der Waals surface area contributed by atoms with E-state index in [-0.39, 0.29) is 28.6 Å². The van der Waals surface area contributed by atoms with Crippen molar-refractivity contribution in [2.24, 2.45) is 11.1 Å². The SMILES string of the molecule is Cc1cc(C(=O)NC2CC(N)C2(C)C)c(F)cc1F. The Labute approximate surface area is 111 Å². The van der Waals surface area contributed by atoms with Gasteiger partial charge in [0.25, 0.3) is 5.91 Å². The fourth-order valence-corrected chi connectivity index (χ4v) is 2.27. The molecule has 1 aromatic rings. The first kappa shape index (κ1) is 13.9. The van der Waals surface area contributed by atoms with Crippen LogP contribution in [0.3, 0.4) is 0 Å². The molecule has 0 aromatic heterocycles. The summed E-state index contributed by atoms with van der Waals surface area (Å²) in [5.41, 5.74) is 5.77. The van der Waals surface area contributed by atoms with Crippen LogP contribution in [-0.4, -0.2) is 18.0 Å². The molecule has 1 saturated carbocycles. The standard InChI is InChI=1S/C14H18F2N2O/c1-7-4-8(10(16)5-9(7)15)13(19)18-12-6-11(17)14(12,2)3/h4-5,11-12H,6,17H2,1-3H3,(H,18,19). The van der Waals surface area contributed by atoms with Crippen LogP contribution in [0.25, 0.3) is 0 Å². The highest BCUT2D eigenvalue weighted by atomic mass is 19.1. The van der Waals surface area contributed by atoms with Crippen molar-refractivity contribution in [2.75, 3.05) is 0 Å². The molecule has 1 aliphatic rings. The Morgan fingerprint density at radius 3 is 2.53 bits per heavy atom. The quantitative estimate of drug-likeness (QED) is 0.863. The largest absolute Gasteiger partial charge is 0.349 e. The molecule has 1 fully saturated rings. The first-order valence-electron chi connectivity index (χ1n) is 6.25. The van der Waals surface area contributed by atoms with Gasteiger partial charge >= 0.3 is 0 Å². The van der Waals surface area contributed by atoms with Gasteiger partial charge in [-0.05, 0) is 25.0 Å². The zero-order chi connectivity index (χ0) is 14.4. The van der Waals surface area contributed by atoms with Gasteiger partial charge in [0.1, 0.15) is 11.6 Å². The third-order valence-corrected chi connectivity index (χ3v) is 4.14. The van der Waals surface area contributed by atoms with Crippen LogP contribution in [0, 0.1) is 24.0 Å². The van der Waals surface area contributed by atoms with Crippen molar-refractivity contribution < 1.29 is 13.6 Å². The summed E-state index contributed by atoms with van der Waals surface area (Å²) in [5, 5.41) is 2.76. The minimum atomic E-state index is -0.845. The van der Waals surface area contributed by atoms with Crippen molar-refractivity contribution in [2.45, 2.75) is 39.3 Å². The molecule has 0 spiro atoms. The van der Waals surface area contributed by atoms with Gasteiger partial charge in [-0.2, -0.15) is 0 Å². The number of hydrogen-bond acceptors (Lipinski definition) is 2. The van der Waals surface area contributed by atoms with Crippen LogP contribution in [0.15, 0.2) is 12.1 Å². The van der Waals surface area contributed by atoms with E-state index < -0.39 is 17.5 Å². The Kier molecular flexibility index (Phi) is 3.34. The van der Waals surface area contributed by atoms with Crippen LogP contribution >= 0.6 is 0 Å². The summed E-state index contributed by atoms with van der Waals surface area (Å²) in [5.74, 6) is -2.02. The van der Waals surface area contributed by atoms with Gasteiger partial charge in [0.15, 0.2) is 0 Å². The Balaban J connectivity index is 2.16. The van der Waals surface area contributed by atoms with Gasteiger partial charge in [-0.15, -0.1) is 0 Å². The van der Waals surface area contributed by atoms with E-state index in [9.17, 15) is 13.6 Å². The van der Waals surface area contributed by atoms with Crippen molar-refractivity contribution >= 4 is 5.91 Å². The minimum Gasteiger partial charge on any atom is -0.349 e. The first-order chi connectivity index (χ1) is 8.73. The molecule has 0 heterocycles. The molecule has 0 aliphatic heterocycles. The monoisotopic (exact) mass is 268 g/mol. The van der Waals surface area contributed by atoms with E-state index >= 15 is 0 Å². The number of carbonyl (C=O) groups excluding carboxylic acids is 1. The highest BCUT2D eigenvalue weighted by Crippen LogP contribution is 2.39. The third kappa shape index (κ3) is 2.34. The molecule has 1 aromatic carbocycles. The molecular formula is C14H18F2N2O. The molecule has 0 radical (unpaired) electrons. The summed E-state index contributed by atoms with van der Waals surface area (Å²) in [6.45, 7) is 5.41. The number of amides is 1. The van der Waals surface area contributed by atoms with E-state index in [0.29, 0.717) is 6.42 Å². The number of halogens is 2. The van der Waals surface area contributed by atoms with Crippen LogP contribution in [-0.2, 0) is 0 Å². The molecule has 1 amide bonds. The Morgan fingerprint density at radius 1 is 1.37 bits per heavy atom. The number of hydrogen-bond donors (Lipinski definition) is 2. The van der Waals surface area contributed by atoms with Crippen LogP contribution in [0.1, 0.15) is 36.2 Å². The van der Waals surface area contributed by atoms with Gasteiger partial charge in [-0.3, -0.25) is 4.79 Å². The summed E-state index contributed by atoms with van der Waals surface area (Å²) in [7, 11) is 0. The van der Waals surface area contributed by atoms with Crippen molar-refractivity contribution in [3.8, 4) is 0 Å². The van der Waals surface area contributed by atoms with E-state index in [4.69, 9.17) is 5.73 Å². The molecular weight excluding hydrogens is 250 g/mol. The molecule has 2 unspecified atom stereocenters. The molecule has 0 saturated heterocycles. The summed E-state index contributed by atoms with van der Waals surface area (Å²) >= 11 is 0. The number of nitrogens with two attached hydrogens (primary N) is 1. The lowest BCUT2D eigenvalue weighted by Gasteiger charge is -2.50. The number of aryl methyl sites for hydroxylation is 1. The maximum Gasteiger partial charge on any atom is 0.254 e. The topological polar surface area (TPSA) is 55.1 Å². The van der Waals surface area contributed by atoms with Crippen molar-refractivity contribution in [1.29, 1.82) is 0 Å². The van der Waals surface area contributed by atoms with E-state index in [1.165, 1.54) is 13.0 Å². The third-order valence-electron chi connectivity index (χ3n) is 4.14. The van der Waals surface area contributed by atoms with E-state index in [1.807, 2.05) is 13.8 Å². The summed E-state index contributed by atoms with van der Waals surface area (Å²) in [6, 6.07) is 1.91. The highest BCUT2D eigenvalue weighted by molar-refractivity contribution is 5.95. The normalized spacial score (nSPS) is 24.7. The predicted octanol–water partition coefficient (Wildman–Crippen LogP) is 2.13. The number of carbonyl (C=O) groups is 1. The minimum absolute atomic E-state index is 0.0256. The van der Waals surface area contributed by atoms with Crippen molar-refractivity contribution in [3.63, 3.8) is 0 Å². The number of nitrogens with one attached hydrogen (secondary N) is 1. The molecule has 5 heteroatoms. The molecule has 0 bridgehead atoms. The Bertz CT molecular complexity index is 528. The molecule has 2 atom stereocenters. The van der Waals surface area contributed by atoms with E-state index in [0.717, 1.165) is 6.07 Å². The fraction of sp³-hybridized carbons (Fsp3) is 0.500. The van der Waals surface area contributed by atoms with Crippen LogP contribution in [0.2, 0.25) is 0 Å². The molecule has 104 valence electrons. The molecule has 3 N–H and O–H groups in total. The second-order valence-corrected chi connectivity index (χ2v) is 5.77. The summed E-state index contributed by atoms with van der Waals surface area (Å²) in [6.07, 6.45) is 0.667. The lowest BCUT2D eigenvalue weighted by Crippen LogP contribution is -2.64. The van der Waals surface area contributed by atoms with Crippen LogP contribution in [0.5, 0.6) is 0 Å². The Morgan fingerprint density at radius 2 is 2.00 bits per heavy atom. The molecule has 1 aliphatic carbocycles. The van der Waals surface area contributed by atoms with Gasteiger partial charge in [0.05, 0.1) is 5.56 Å². The number of benzene rings is 1. The zero-order valence-corrected chi connectivity index (χ0v) is 11.3. The predicted molar refractivity (Wildman–Crippen MR) is 68.7 cm³/mol. The van der Waals surface area contributed by atoms with Gasteiger partial charge in [-0.1, -0.05) is 13.8 Å². The summed E-state index contributed by atoms with van der Waals surface area (Å²) in [4.78, 5) is 12.0. The molecule has 2 rings (SSSR count). The lowest BCUT2D eigenvalue weighted by molar-refractivity contribution is 0.0584. The van der Waals surface area contributed by atoms with E-state index in [2.05, 4.69) is 5.32 Å². The van der Waals surface area contributed by atoms with Gasteiger partial charge < -0.3 is 11.1 Å². The fourth-order valence-electron chi connectivity index (χ4n) is 2.27. The van der Waals surface area contributed by atoms with Gasteiger partial charge in [-0.25, -0.2) is 8.78 Å². The molecule has 19 heavy (non-hydrogen) atoms. The molecule has 3 nitrogen and oxygen atoms in total. The van der Waals surface area contributed by atoms with Crippen molar-refractivity contribution in [3.05, 3.63) is 34.9 Å². The van der Waals surface area contributed by atoms with E-state index in [1.54, 1.807) is 0 Å². The average molecular weight is 268 g/mol. The van der Waals surface area contributed by atoms with Gasteiger partial charge in [0, 0.05) is 23.6 Å². The maximum atomic E-state index is 13.6. The average Bonchev–Trinajstić information content (AvgIpc) is 2.33. The van der Waals surface area contributed by atoms with Crippen LogP contribution in [0.4, 0.5) is 8.78 Å². The smallest absolute Gasteiger partial charge is 0.254 e. The maximum absolute atomic E-state index is 13.6. The second-order valence-electron chi connectivity index (χ2n) is 5.77. The van der Waals surface area contributed by atoms with Crippen molar-refractivity contribution in [1.82, 2.24) is 5.32 Å². The zero-order valence-electron chi connectivity index (χ0n) is 11.3. The summed E-state index contributed by atoms with van der Waals surface area (Å²) < 4.78 is 26.7. The van der Waals surface area contributed by atoms with Crippen LogP contribution < -0.4 is 11.1 Å². The first-order valence-corrected chi connectivity index (χ1v) is 6.25. The Hall–Kier alpha value is -1.49. The highest BCUT2D eigenvalue weighted by Gasteiger charge is 2.46. The number of rotatable bonds is 2.